The summed E-state index contributed by atoms with van der Waals surface area (Å²) in [5.41, 5.74) is 1.49. The average Bonchev–Trinajstić information content (AvgIpc) is 2.92. The molecule has 1 aromatic rings. The number of methoxy groups -OCH3 is 1. The largest absolute Gasteiger partial charge is 0.465 e. The summed E-state index contributed by atoms with van der Waals surface area (Å²) in [6, 6.07) is 0. The number of amides is 1. The van der Waals surface area contributed by atoms with Crippen molar-refractivity contribution < 1.29 is 23.9 Å². The van der Waals surface area contributed by atoms with E-state index in [0.717, 1.165) is 36.1 Å². The molecule has 24 heavy (non-hydrogen) atoms. The Labute approximate surface area is 149 Å². The Morgan fingerprint density at radius 1 is 1.21 bits per heavy atom. The molecule has 132 valence electrons. The number of ether oxygens (including phenoxy) is 2. The van der Waals surface area contributed by atoms with E-state index in [2.05, 4.69) is 5.32 Å². The Balaban J connectivity index is 2.01. The van der Waals surface area contributed by atoms with Crippen LogP contribution in [0.3, 0.4) is 0 Å². The quantitative estimate of drug-likeness (QED) is 0.742. The number of fused-ring (bicyclic) bond motifs is 1. The third kappa shape index (κ3) is 4.73. The van der Waals surface area contributed by atoms with Gasteiger partial charge in [0.2, 0.25) is 5.91 Å². The van der Waals surface area contributed by atoms with Crippen LogP contribution in [0.1, 0.15) is 40.6 Å². The Morgan fingerprint density at radius 3 is 2.67 bits per heavy atom. The second-order valence-electron chi connectivity index (χ2n) is 5.25. The number of hydrogen-bond acceptors (Lipinski definition) is 7. The van der Waals surface area contributed by atoms with E-state index in [0.29, 0.717) is 17.2 Å². The number of aryl methyl sites for hydroxylation is 1. The van der Waals surface area contributed by atoms with Crippen molar-refractivity contribution in [2.24, 2.45) is 0 Å². The Hall–Kier alpha value is -1.54. The van der Waals surface area contributed by atoms with E-state index in [-0.39, 0.29) is 23.4 Å². The number of esters is 2. The van der Waals surface area contributed by atoms with E-state index in [1.807, 2.05) is 0 Å². The minimum absolute atomic E-state index is 0.127. The molecular formula is C16H21NO5S2. The SMILES string of the molecule is CCOC(=O)CSCC(=O)Nc1sc2c(c1C(=O)OC)CCCC2. The lowest BCUT2D eigenvalue weighted by Gasteiger charge is -2.11. The number of rotatable bonds is 7. The lowest BCUT2D eigenvalue weighted by atomic mass is 9.95. The average molecular weight is 371 g/mol. The summed E-state index contributed by atoms with van der Waals surface area (Å²) in [5, 5.41) is 3.35. The van der Waals surface area contributed by atoms with E-state index >= 15 is 0 Å². The topological polar surface area (TPSA) is 81.7 Å². The van der Waals surface area contributed by atoms with Crippen molar-refractivity contribution in [1.82, 2.24) is 0 Å². The van der Waals surface area contributed by atoms with Crippen molar-refractivity contribution >= 4 is 45.9 Å². The summed E-state index contributed by atoms with van der Waals surface area (Å²) >= 11 is 2.63. The molecule has 0 saturated carbocycles. The first-order valence-corrected chi connectivity index (χ1v) is 9.80. The van der Waals surface area contributed by atoms with Crippen molar-refractivity contribution in [2.75, 3.05) is 30.5 Å². The summed E-state index contributed by atoms with van der Waals surface area (Å²) in [6.07, 6.45) is 3.90. The molecule has 0 atom stereocenters. The number of nitrogens with one attached hydrogen (secondary N) is 1. The van der Waals surface area contributed by atoms with Crippen LogP contribution in [0.4, 0.5) is 5.00 Å². The van der Waals surface area contributed by atoms with Gasteiger partial charge in [0.15, 0.2) is 0 Å². The highest BCUT2D eigenvalue weighted by atomic mass is 32.2. The van der Waals surface area contributed by atoms with Gasteiger partial charge in [0, 0.05) is 4.88 Å². The fraction of sp³-hybridized carbons (Fsp3) is 0.562. The zero-order valence-electron chi connectivity index (χ0n) is 13.8. The molecule has 1 aliphatic carbocycles. The Bertz CT molecular complexity index is 626. The smallest absolute Gasteiger partial charge is 0.341 e. The normalized spacial score (nSPS) is 13.1. The molecular weight excluding hydrogens is 350 g/mol. The fourth-order valence-electron chi connectivity index (χ4n) is 2.56. The van der Waals surface area contributed by atoms with Gasteiger partial charge in [0.25, 0.3) is 0 Å². The number of thiophene rings is 1. The molecule has 1 aliphatic rings. The van der Waals surface area contributed by atoms with Gasteiger partial charge >= 0.3 is 11.9 Å². The number of hydrogen-bond donors (Lipinski definition) is 1. The van der Waals surface area contributed by atoms with Crippen LogP contribution in [-0.2, 0) is 31.9 Å². The fourth-order valence-corrected chi connectivity index (χ4v) is 4.47. The third-order valence-electron chi connectivity index (χ3n) is 3.57. The molecule has 1 aromatic heterocycles. The van der Waals surface area contributed by atoms with Gasteiger partial charge in [-0.15, -0.1) is 23.1 Å². The lowest BCUT2D eigenvalue weighted by Crippen LogP contribution is -2.18. The van der Waals surface area contributed by atoms with Crippen molar-refractivity contribution in [3.05, 3.63) is 16.0 Å². The van der Waals surface area contributed by atoms with E-state index in [4.69, 9.17) is 9.47 Å². The Morgan fingerprint density at radius 2 is 1.96 bits per heavy atom. The Kier molecular flexibility index (Phi) is 7.11. The first kappa shape index (κ1) is 18.8. The van der Waals surface area contributed by atoms with Gasteiger partial charge in [-0.2, -0.15) is 0 Å². The maximum Gasteiger partial charge on any atom is 0.341 e. The standard InChI is InChI=1S/C16H21NO5S2/c1-3-22-13(19)9-23-8-12(18)17-15-14(16(20)21-2)10-6-4-5-7-11(10)24-15/h3-9H2,1-2H3,(H,17,18). The van der Waals surface area contributed by atoms with E-state index in [1.54, 1.807) is 6.92 Å². The van der Waals surface area contributed by atoms with Crippen molar-refractivity contribution in [3.8, 4) is 0 Å². The van der Waals surface area contributed by atoms with Crippen LogP contribution >= 0.6 is 23.1 Å². The zero-order valence-corrected chi connectivity index (χ0v) is 15.4. The maximum absolute atomic E-state index is 12.1. The molecule has 0 saturated heterocycles. The molecule has 2 rings (SSSR count). The first-order valence-electron chi connectivity index (χ1n) is 7.82. The zero-order chi connectivity index (χ0) is 17.5. The molecule has 1 amide bonds. The van der Waals surface area contributed by atoms with Gasteiger partial charge in [-0.1, -0.05) is 0 Å². The van der Waals surface area contributed by atoms with Gasteiger partial charge in [0.05, 0.1) is 30.8 Å². The van der Waals surface area contributed by atoms with Crippen LogP contribution in [-0.4, -0.2) is 43.1 Å². The molecule has 0 fully saturated rings. The highest BCUT2D eigenvalue weighted by Gasteiger charge is 2.26. The van der Waals surface area contributed by atoms with Crippen molar-refractivity contribution in [3.63, 3.8) is 0 Å². The molecule has 0 spiro atoms. The summed E-state index contributed by atoms with van der Waals surface area (Å²) in [5.74, 6) is -0.734. The summed E-state index contributed by atoms with van der Waals surface area (Å²) < 4.78 is 9.68. The molecule has 6 nitrogen and oxygen atoms in total. The molecule has 8 heteroatoms. The van der Waals surface area contributed by atoms with Gasteiger partial charge in [0.1, 0.15) is 5.00 Å². The second-order valence-corrected chi connectivity index (χ2v) is 7.34. The van der Waals surface area contributed by atoms with Crippen molar-refractivity contribution in [1.29, 1.82) is 0 Å². The molecule has 1 heterocycles. The van der Waals surface area contributed by atoms with Gasteiger partial charge in [-0.25, -0.2) is 4.79 Å². The maximum atomic E-state index is 12.1. The molecule has 0 unspecified atom stereocenters. The number of carbonyl (C=O) groups excluding carboxylic acids is 3. The highest BCUT2D eigenvalue weighted by Crippen LogP contribution is 2.38. The molecule has 0 aromatic carbocycles. The predicted octanol–water partition coefficient (Wildman–Crippen LogP) is 2.65. The summed E-state index contributed by atoms with van der Waals surface area (Å²) in [7, 11) is 1.34. The number of carbonyl (C=O) groups is 3. The first-order chi connectivity index (χ1) is 11.6. The van der Waals surface area contributed by atoms with E-state index in [1.165, 1.54) is 30.2 Å². The second kappa shape index (κ2) is 9.08. The highest BCUT2D eigenvalue weighted by molar-refractivity contribution is 8.00. The van der Waals surface area contributed by atoms with Crippen LogP contribution < -0.4 is 5.32 Å². The van der Waals surface area contributed by atoms with Crippen LogP contribution in [0.5, 0.6) is 0 Å². The lowest BCUT2D eigenvalue weighted by molar-refractivity contribution is -0.139. The number of anilines is 1. The van der Waals surface area contributed by atoms with E-state index < -0.39 is 5.97 Å². The van der Waals surface area contributed by atoms with E-state index in [9.17, 15) is 14.4 Å². The molecule has 0 radical (unpaired) electrons. The molecule has 0 bridgehead atoms. The third-order valence-corrected chi connectivity index (χ3v) is 5.69. The minimum Gasteiger partial charge on any atom is -0.465 e. The van der Waals surface area contributed by atoms with Crippen LogP contribution in [0.2, 0.25) is 0 Å². The van der Waals surface area contributed by atoms with Crippen LogP contribution in [0.15, 0.2) is 0 Å². The summed E-state index contributed by atoms with van der Waals surface area (Å²) in [6.45, 7) is 2.07. The van der Waals surface area contributed by atoms with Gasteiger partial charge in [-0.3, -0.25) is 9.59 Å². The minimum atomic E-state index is -0.413. The monoisotopic (exact) mass is 371 g/mol. The summed E-state index contributed by atoms with van der Waals surface area (Å²) in [4.78, 5) is 36.6. The number of thioether (sulfide) groups is 1. The van der Waals surface area contributed by atoms with Crippen molar-refractivity contribution in [2.45, 2.75) is 32.6 Å². The molecule has 0 aliphatic heterocycles. The van der Waals surface area contributed by atoms with Crippen LogP contribution in [0, 0.1) is 0 Å². The predicted molar refractivity (Wildman–Crippen MR) is 94.9 cm³/mol. The van der Waals surface area contributed by atoms with Gasteiger partial charge in [-0.05, 0) is 38.2 Å². The van der Waals surface area contributed by atoms with Gasteiger partial charge < -0.3 is 14.8 Å². The van der Waals surface area contributed by atoms with Crippen LogP contribution in [0.25, 0.3) is 0 Å². The molecule has 1 N–H and O–H groups in total.